The Bertz CT molecular complexity index is 750. The number of benzene rings is 1. The molecule has 116 valence electrons. The number of nitrogens with zero attached hydrogens (tertiary/aromatic N) is 1. The summed E-state index contributed by atoms with van der Waals surface area (Å²) in [5, 5.41) is 0. The number of aryl methyl sites for hydroxylation is 2. The fourth-order valence-electron chi connectivity index (χ4n) is 2.21. The molecule has 0 radical (unpaired) electrons. The Morgan fingerprint density at radius 1 is 1.24 bits per heavy atom. The van der Waals surface area contributed by atoms with Crippen LogP contribution < -0.4 is 14.0 Å². The van der Waals surface area contributed by atoms with Gasteiger partial charge in [0, 0.05) is 12.5 Å². The topological polar surface area (TPSA) is 89.9 Å². The predicted octanol–water partition coefficient (Wildman–Crippen LogP) is 1.32. The van der Waals surface area contributed by atoms with Crippen molar-refractivity contribution in [1.82, 2.24) is 0 Å². The molecule has 0 bridgehead atoms. The van der Waals surface area contributed by atoms with Gasteiger partial charge >= 0.3 is 5.89 Å². The van der Waals surface area contributed by atoms with E-state index in [4.69, 9.17) is 18.4 Å². The summed E-state index contributed by atoms with van der Waals surface area (Å²) in [5.74, 6) is 1.47. The van der Waals surface area contributed by atoms with Gasteiger partial charge in [0.2, 0.25) is 5.58 Å². The molecule has 0 aliphatic heterocycles. The van der Waals surface area contributed by atoms with Gasteiger partial charge in [-0.1, -0.05) is 0 Å². The van der Waals surface area contributed by atoms with Crippen LogP contribution in [0.3, 0.4) is 0 Å². The molecule has 0 spiro atoms. The highest BCUT2D eigenvalue weighted by Crippen LogP contribution is 2.31. The second kappa shape index (κ2) is 5.90. The van der Waals surface area contributed by atoms with E-state index in [9.17, 15) is 8.42 Å². The summed E-state index contributed by atoms with van der Waals surface area (Å²) < 4.78 is 48.3. The van der Waals surface area contributed by atoms with Crippen LogP contribution in [0.2, 0.25) is 0 Å². The number of oxazole rings is 1. The van der Waals surface area contributed by atoms with Crippen molar-refractivity contribution in [3.05, 3.63) is 18.0 Å². The zero-order valence-corrected chi connectivity index (χ0v) is 12.9. The van der Waals surface area contributed by atoms with E-state index in [1.54, 1.807) is 33.3 Å². The molecule has 8 heteroatoms. The van der Waals surface area contributed by atoms with Crippen LogP contribution >= 0.6 is 0 Å². The van der Waals surface area contributed by atoms with Crippen LogP contribution in [0.15, 0.2) is 16.5 Å². The third kappa shape index (κ3) is 3.45. The van der Waals surface area contributed by atoms with Crippen LogP contribution in [0.5, 0.6) is 11.5 Å². The predicted molar refractivity (Wildman–Crippen MR) is 75.3 cm³/mol. The van der Waals surface area contributed by atoms with Crippen LogP contribution in [0.4, 0.5) is 0 Å². The Hall–Kier alpha value is -1.80. The molecule has 0 aliphatic carbocycles. The number of hydrogen-bond donors (Lipinski definition) is 1. The first kappa shape index (κ1) is 15.6. The minimum atomic E-state index is -3.96. The van der Waals surface area contributed by atoms with Gasteiger partial charge in [-0.15, -0.1) is 0 Å². The van der Waals surface area contributed by atoms with Crippen LogP contribution in [0.1, 0.15) is 12.3 Å². The van der Waals surface area contributed by atoms with Crippen molar-refractivity contribution in [3.63, 3.8) is 0 Å². The van der Waals surface area contributed by atoms with E-state index in [0.717, 1.165) is 5.52 Å². The molecular formula is C13H18NO6S+. The Balaban J connectivity index is 2.37. The van der Waals surface area contributed by atoms with Gasteiger partial charge in [-0.3, -0.25) is 4.55 Å². The number of ether oxygens (including phenoxy) is 2. The summed E-state index contributed by atoms with van der Waals surface area (Å²) in [6, 6.07) is 3.50. The van der Waals surface area contributed by atoms with Crippen LogP contribution in [-0.4, -0.2) is 32.9 Å². The van der Waals surface area contributed by atoms with Crippen molar-refractivity contribution in [2.45, 2.75) is 19.9 Å². The highest BCUT2D eigenvalue weighted by atomic mass is 32.2. The maximum Gasteiger partial charge on any atom is 0.344 e. The first-order valence-corrected chi connectivity index (χ1v) is 7.96. The number of fused-ring (bicyclic) bond motifs is 1. The normalized spacial score (nSPS) is 11.8. The van der Waals surface area contributed by atoms with E-state index in [0.29, 0.717) is 29.5 Å². The first-order valence-electron chi connectivity index (χ1n) is 6.36. The van der Waals surface area contributed by atoms with Crippen LogP contribution in [-0.2, 0) is 16.7 Å². The quantitative estimate of drug-likeness (QED) is 0.638. The van der Waals surface area contributed by atoms with E-state index in [-0.39, 0.29) is 12.2 Å². The molecule has 1 N–H and O–H groups in total. The summed E-state index contributed by atoms with van der Waals surface area (Å²) in [5.41, 5.74) is 1.40. The molecule has 21 heavy (non-hydrogen) atoms. The average Bonchev–Trinajstić information content (AvgIpc) is 2.71. The molecule has 1 heterocycles. The summed E-state index contributed by atoms with van der Waals surface area (Å²) in [7, 11) is -0.873. The van der Waals surface area contributed by atoms with Crippen LogP contribution in [0.25, 0.3) is 11.1 Å². The highest BCUT2D eigenvalue weighted by molar-refractivity contribution is 7.85. The monoisotopic (exact) mass is 316 g/mol. The first-order chi connectivity index (χ1) is 9.85. The van der Waals surface area contributed by atoms with Crippen molar-refractivity contribution in [2.24, 2.45) is 0 Å². The Labute approximate surface area is 122 Å². The molecule has 0 saturated heterocycles. The van der Waals surface area contributed by atoms with Crippen molar-refractivity contribution < 1.29 is 31.4 Å². The summed E-state index contributed by atoms with van der Waals surface area (Å²) in [4.78, 5) is 0. The number of rotatable bonds is 6. The van der Waals surface area contributed by atoms with E-state index in [1.165, 1.54) is 0 Å². The van der Waals surface area contributed by atoms with Gasteiger partial charge < -0.3 is 13.9 Å². The Kier molecular flexibility index (Phi) is 4.38. The largest absolute Gasteiger partial charge is 0.493 e. The van der Waals surface area contributed by atoms with Gasteiger partial charge in [-0.25, -0.2) is 0 Å². The SMILES string of the molecule is COc1cc2oc(C)[n+](CCCS(=O)(=O)O)c2cc1OC. The molecule has 2 aromatic rings. The third-order valence-corrected chi connectivity index (χ3v) is 3.98. The molecule has 1 aromatic carbocycles. The molecule has 0 amide bonds. The molecule has 0 unspecified atom stereocenters. The van der Waals surface area contributed by atoms with Gasteiger partial charge in [0.05, 0.1) is 33.0 Å². The van der Waals surface area contributed by atoms with Crippen molar-refractivity contribution in [2.75, 3.05) is 20.0 Å². The summed E-state index contributed by atoms with van der Waals surface area (Å²) in [6.07, 6.45) is 0.285. The van der Waals surface area contributed by atoms with Gasteiger partial charge in [0.15, 0.2) is 18.0 Å². The molecule has 0 atom stereocenters. The molecule has 2 rings (SSSR count). The Morgan fingerprint density at radius 3 is 2.43 bits per heavy atom. The Morgan fingerprint density at radius 2 is 1.86 bits per heavy atom. The zero-order chi connectivity index (χ0) is 15.6. The lowest BCUT2D eigenvalue weighted by molar-refractivity contribution is -0.682. The van der Waals surface area contributed by atoms with Crippen LogP contribution in [0, 0.1) is 6.92 Å². The molecule has 0 aliphatic rings. The lowest BCUT2D eigenvalue weighted by Crippen LogP contribution is -2.36. The fourth-order valence-corrected chi connectivity index (χ4v) is 2.70. The molecule has 1 aromatic heterocycles. The number of methoxy groups -OCH3 is 2. The molecule has 0 saturated carbocycles. The maximum atomic E-state index is 10.8. The lowest BCUT2D eigenvalue weighted by Gasteiger charge is -2.05. The average molecular weight is 316 g/mol. The maximum absolute atomic E-state index is 10.8. The minimum Gasteiger partial charge on any atom is -0.493 e. The van der Waals surface area contributed by atoms with Gasteiger partial charge in [0.25, 0.3) is 15.6 Å². The van der Waals surface area contributed by atoms with Gasteiger partial charge in [-0.05, 0) is 0 Å². The van der Waals surface area contributed by atoms with Crippen molar-refractivity contribution >= 4 is 21.2 Å². The van der Waals surface area contributed by atoms with E-state index >= 15 is 0 Å². The van der Waals surface area contributed by atoms with E-state index in [2.05, 4.69) is 0 Å². The summed E-state index contributed by atoms with van der Waals surface area (Å²) in [6.45, 7) is 2.19. The minimum absolute atomic E-state index is 0.285. The smallest absolute Gasteiger partial charge is 0.344 e. The molecular weight excluding hydrogens is 298 g/mol. The second-order valence-corrected chi connectivity index (χ2v) is 6.16. The summed E-state index contributed by atoms with van der Waals surface area (Å²) >= 11 is 0. The lowest BCUT2D eigenvalue weighted by atomic mass is 10.2. The van der Waals surface area contributed by atoms with E-state index < -0.39 is 10.1 Å². The highest BCUT2D eigenvalue weighted by Gasteiger charge is 2.22. The number of hydrogen-bond acceptors (Lipinski definition) is 5. The zero-order valence-electron chi connectivity index (χ0n) is 12.1. The van der Waals surface area contributed by atoms with Gasteiger partial charge in [-0.2, -0.15) is 13.0 Å². The molecule has 0 fully saturated rings. The molecule has 7 nitrogen and oxygen atoms in total. The fraction of sp³-hybridized carbons (Fsp3) is 0.462. The second-order valence-electron chi connectivity index (χ2n) is 4.59. The van der Waals surface area contributed by atoms with Crippen molar-refractivity contribution in [3.8, 4) is 11.5 Å². The third-order valence-electron chi connectivity index (χ3n) is 3.18. The van der Waals surface area contributed by atoms with Crippen molar-refractivity contribution in [1.29, 1.82) is 0 Å². The van der Waals surface area contributed by atoms with Gasteiger partial charge in [0.1, 0.15) is 0 Å². The standard InChI is InChI=1S/C13H17NO6S/c1-9-14(5-4-6-21(15,16)17)10-7-12(18-2)13(19-3)8-11(10)20-9/h7-8H,4-6H2,1-3H3/p+1. The number of aromatic nitrogens is 1. The van der Waals surface area contributed by atoms with E-state index in [1.807, 2.05) is 4.57 Å².